The lowest BCUT2D eigenvalue weighted by Crippen LogP contribution is -2.37. The van der Waals surface area contributed by atoms with Gasteiger partial charge in [-0.25, -0.2) is 4.98 Å². The van der Waals surface area contributed by atoms with Crippen LogP contribution in [0.25, 0.3) is 5.69 Å². The topological polar surface area (TPSA) is 56.1 Å². The first-order valence-corrected chi connectivity index (χ1v) is 9.24. The van der Waals surface area contributed by atoms with Gasteiger partial charge in [0.05, 0.1) is 5.69 Å². The molecule has 1 heterocycles. The Morgan fingerprint density at radius 3 is 2.78 bits per heavy atom. The van der Waals surface area contributed by atoms with E-state index < -0.39 is 6.10 Å². The monoisotopic (exact) mass is 383 g/mol. The molecule has 0 unspecified atom stereocenters. The van der Waals surface area contributed by atoms with E-state index in [2.05, 4.69) is 10.3 Å². The fraction of sp³-hybridized carbons (Fsp3) is 0.238. The second-order valence-corrected chi connectivity index (χ2v) is 6.60. The lowest BCUT2D eigenvalue weighted by molar-refractivity contribution is -0.128. The van der Waals surface area contributed by atoms with Crippen LogP contribution in [0.3, 0.4) is 0 Å². The van der Waals surface area contributed by atoms with Gasteiger partial charge in [-0.3, -0.25) is 4.79 Å². The summed E-state index contributed by atoms with van der Waals surface area (Å²) in [5.74, 6) is 1.32. The van der Waals surface area contributed by atoms with Crippen LogP contribution in [-0.4, -0.2) is 21.6 Å². The number of para-hydroxylation sites is 1. The molecule has 27 heavy (non-hydrogen) atoms. The van der Waals surface area contributed by atoms with Crippen molar-refractivity contribution in [2.24, 2.45) is 0 Å². The summed E-state index contributed by atoms with van der Waals surface area (Å²) in [4.78, 5) is 16.9. The molecule has 0 saturated heterocycles. The third kappa shape index (κ3) is 4.68. The van der Waals surface area contributed by atoms with Crippen molar-refractivity contribution >= 4 is 17.5 Å². The molecular formula is C21H22ClN3O2. The Bertz CT molecular complexity index is 923. The maximum atomic E-state index is 12.6. The molecule has 6 heteroatoms. The van der Waals surface area contributed by atoms with Gasteiger partial charge in [0.25, 0.3) is 5.91 Å². The molecule has 0 fully saturated rings. The summed E-state index contributed by atoms with van der Waals surface area (Å²) in [6, 6.07) is 15.0. The van der Waals surface area contributed by atoms with Gasteiger partial charge in [0.2, 0.25) is 0 Å². The van der Waals surface area contributed by atoms with Crippen LogP contribution in [0, 0.1) is 6.92 Å². The number of hydrogen-bond acceptors (Lipinski definition) is 3. The van der Waals surface area contributed by atoms with Gasteiger partial charge in [-0.15, -0.1) is 0 Å². The summed E-state index contributed by atoms with van der Waals surface area (Å²) in [6.45, 7) is 4.26. The minimum absolute atomic E-state index is 0.158. The molecule has 5 nitrogen and oxygen atoms in total. The third-order valence-corrected chi connectivity index (χ3v) is 4.50. The van der Waals surface area contributed by atoms with Crippen LogP contribution in [0.1, 0.15) is 24.7 Å². The van der Waals surface area contributed by atoms with Gasteiger partial charge >= 0.3 is 0 Å². The lowest BCUT2D eigenvalue weighted by Gasteiger charge is -2.18. The molecule has 1 N–H and O–H groups in total. The SMILES string of the molecule is CC[C@@H](Oc1cccc(Cl)c1)C(=O)NCc1ccccc1-n1ccnc1C. The van der Waals surface area contributed by atoms with E-state index >= 15 is 0 Å². The standard InChI is InChI=1S/C21H22ClN3O2/c1-3-20(27-18-9-6-8-17(22)13-18)21(26)24-14-16-7-4-5-10-19(16)25-12-11-23-15(25)2/h4-13,20H,3,14H2,1-2H3,(H,24,26)/t20-/m1/s1. The highest BCUT2D eigenvalue weighted by atomic mass is 35.5. The Kier molecular flexibility index (Phi) is 6.14. The van der Waals surface area contributed by atoms with E-state index in [9.17, 15) is 4.79 Å². The van der Waals surface area contributed by atoms with Crippen LogP contribution >= 0.6 is 11.6 Å². The van der Waals surface area contributed by atoms with Crippen LogP contribution in [0.15, 0.2) is 60.9 Å². The number of carbonyl (C=O) groups is 1. The van der Waals surface area contributed by atoms with Crippen LogP contribution in [0.5, 0.6) is 5.75 Å². The van der Waals surface area contributed by atoms with E-state index in [1.807, 2.05) is 48.9 Å². The number of rotatable bonds is 7. The van der Waals surface area contributed by atoms with Gasteiger partial charge in [-0.2, -0.15) is 0 Å². The quantitative estimate of drug-likeness (QED) is 0.661. The summed E-state index contributed by atoms with van der Waals surface area (Å²) >= 11 is 5.98. The molecule has 1 amide bonds. The molecule has 1 atom stereocenters. The predicted octanol–water partition coefficient (Wildman–Crippen LogP) is 4.31. The normalized spacial score (nSPS) is 11.8. The van der Waals surface area contributed by atoms with Gasteiger partial charge in [-0.05, 0) is 43.2 Å². The molecule has 0 aliphatic rings. The second kappa shape index (κ2) is 8.73. The number of benzene rings is 2. The average Bonchev–Trinajstić information content (AvgIpc) is 3.10. The molecule has 0 radical (unpaired) electrons. The van der Waals surface area contributed by atoms with Crippen LogP contribution in [0.4, 0.5) is 0 Å². The molecule has 0 spiro atoms. The van der Waals surface area contributed by atoms with Crippen molar-refractivity contribution in [1.29, 1.82) is 0 Å². The molecule has 3 rings (SSSR count). The van der Waals surface area contributed by atoms with E-state index in [1.165, 1.54) is 0 Å². The Morgan fingerprint density at radius 1 is 1.26 bits per heavy atom. The van der Waals surface area contributed by atoms with E-state index in [0.29, 0.717) is 23.7 Å². The van der Waals surface area contributed by atoms with Crippen molar-refractivity contribution in [2.75, 3.05) is 0 Å². The number of aryl methyl sites for hydroxylation is 1. The summed E-state index contributed by atoms with van der Waals surface area (Å²) in [6.07, 6.45) is 3.65. The molecule has 2 aromatic carbocycles. The highest BCUT2D eigenvalue weighted by Gasteiger charge is 2.19. The number of aromatic nitrogens is 2. The number of amides is 1. The first kappa shape index (κ1) is 19.0. The van der Waals surface area contributed by atoms with Crippen molar-refractivity contribution in [3.05, 3.63) is 77.3 Å². The lowest BCUT2D eigenvalue weighted by atomic mass is 10.1. The van der Waals surface area contributed by atoms with Crippen LogP contribution < -0.4 is 10.1 Å². The minimum Gasteiger partial charge on any atom is -0.481 e. The number of imidazole rings is 1. The Labute approximate surface area is 164 Å². The van der Waals surface area contributed by atoms with Crippen molar-refractivity contribution in [3.8, 4) is 11.4 Å². The van der Waals surface area contributed by atoms with E-state index in [-0.39, 0.29) is 5.91 Å². The smallest absolute Gasteiger partial charge is 0.261 e. The van der Waals surface area contributed by atoms with Crippen molar-refractivity contribution in [3.63, 3.8) is 0 Å². The third-order valence-electron chi connectivity index (χ3n) is 4.27. The maximum Gasteiger partial charge on any atom is 0.261 e. The fourth-order valence-corrected chi connectivity index (χ4v) is 3.03. The number of nitrogens with one attached hydrogen (secondary N) is 1. The van der Waals surface area contributed by atoms with E-state index in [0.717, 1.165) is 17.1 Å². The first-order chi connectivity index (χ1) is 13.1. The number of carbonyl (C=O) groups excluding carboxylic acids is 1. The van der Waals surface area contributed by atoms with E-state index in [4.69, 9.17) is 16.3 Å². The summed E-state index contributed by atoms with van der Waals surface area (Å²) in [5.41, 5.74) is 2.00. The van der Waals surface area contributed by atoms with Crippen LogP contribution in [-0.2, 0) is 11.3 Å². The predicted molar refractivity (Wildman–Crippen MR) is 106 cm³/mol. The van der Waals surface area contributed by atoms with Crippen molar-refractivity contribution in [2.45, 2.75) is 32.9 Å². The zero-order chi connectivity index (χ0) is 19.2. The molecule has 0 aliphatic carbocycles. The molecule has 0 saturated carbocycles. The summed E-state index contributed by atoms with van der Waals surface area (Å²) < 4.78 is 7.81. The van der Waals surface area contributed by atoms with Gasteiger partial charge in [0, 0.05) is 24.0 Å². The molecule has 140 valence electrons. The molecule has 0 aliphatic heterocycles. The molecular weight excluding hydrogens is 362 g/mol. The van der Waals surface area contributed by atoms with E-state index in [1.54, 1.807) is 30.5 Å². The zero-order valence-corrected chi connectivity index (χ0v) is 16.1. The average molecular weight is 384 g/mol. The number of halogens is 1. The number of hydrogen-bond donors (Lipinski definition) is 1. The van der Waals surface area contributed by atoms with Crippen molar-refractivity contribution < 1.29 is 9.53 Å². The number of nitrogens with zero attached hydrogens (tertiary/aromatic N) is 2. The Hall–Kier alpha value is -2.79. The maximum absolute atomic E-state index is 12.6. The molecule has 3 aromatic rings. The van der Waals surface area contributed by atoms with Crippen LogP contribution in [0.2, 0.25) is 5.02 Å². The molecule has 0 bridgehead atoms. The van der Waals surface area contributed by atoms with Crippen molar-refractivity contribution in [1.82, 2.24) is 14.9 Å². The second-order valence-electron chi connectivity index (χ2n) is 6.16. The largest absolute Gasteiger partial charge is 0.481 e. The highest BCUT2D eigenvalue weighted by molar-refractivity contribution is 6.30. The zero-order valence-electron chi connectivity index (χ0n) is 15.4. The van der Waals surface area contributed by atoms with Gasteiger partial charge in [-0.1, -0.05) is 42.8 Å². The number of ether oxygens (including phenoxy) is 1. The minimum atomic E-state index is -0.578. The Balaban J connectivity index is 1.69. The molecule has 1 aromatic heterocycles. The highest BCUT2D eigenvalue weighted by Crippen LogP contribution is 2.20. The van der Waals surface area contributed by atoms with Gasteiger partial charge < -0.3 is 14.6 Å². The fourth-order valence-electron chi connectivity index (χ4n) is 2.85. The first-order valence-electron chi connectivity index (χ1n) is 8.86. The summed E-state index contributed by atoms with van der Waals surface area (Å²) in [7, 11) is 0. The van der Waals surface area contributed by atoms with Gasteiger partial charge in [0.1, 0.15) is 11.6 Å². The Morgan fingerprint density at radius 2 is 2.07 bits per heavy atom. The van der Waals surface area contributed by atoms with Gasteiger partial charge in [0.15, 0.2) is 6.10 Å². The summed E-state index contributed by atoms with van der Waals surface area (Å²) in [5, 5.41) is 3.55.